The number of nitrogens with one attached hydrogen (secondary N) is 1. The van der Waals surface area contributed by atoms with Crippen molar-refractivity contribution in [1.29, 1.82) is 0 Å². The number of piperazine rings is 1. The summed E-state index contributed by atoms with van der Waals surface area (Å²) < 4.78 is 15.2. The number of hydrogen-bond acceptors (Lipinski definition) is 5. The van der Waals surface area contributed by atoms with Crippen LogP contribution in [0.5, 0.6) is 0 Å². The maximum absolute atomic E-state index is 13.3. The van der Waals surface area contributed by atoms with Gasteiger partial charge in [-0.25, -0.2) is 24.1 Å². The summed E-state index contributed by atoms with van der Waals surface area (Å²) in [5.41, 5.74) is 2.44. The van der Waals surface area contributed by atoms with Gasteiger partial charge in [0.2, 0.25) is 0 Å². The first-order valence-corrected chi connectivity index (χ1v) is 9.89. The number of carbonyl (C=O) groups is 1. The molecular formula is C20H21ClFN7O. The normalized spacial score (nSPS) is 14.1. The van der Waals surface area contributed by atoms with Crippen LogP contribution in [0.25, 0.3) is 5.82 Å². The first kappa shape index (κ1) is 20.1. The average molecular weight is 430 g/mol. The van der Waals surface area contributed by atoms with Crippen LogP contribution >= 0.6 is 11.6 Å². The van der Waals surface area contributed by atoms with Crippen LogP contribution in [0, 0.1) is 19.7 Å². The van der Waals surface area contributed by atoms with Gasteiger partial charge in [0.25, 0.3) is 0 Å². The second-order valence-corrected chi connectivity index (χ2v) is 7.46. The van der Waals surface area contributed by atoms with Crippen molar-refractivity contribution in [2.75, 3.05) is 36.4 Å². The zero-order chi connectivity index (χ0) is 21.3. The number of nitrogens with zero attached hydrogens (tertiary/aromatic N) is 6. The largest absolute Gasteiger partial charge is 0.353 e. The summed E-state index contributed by atoms with van der Waals surface area (Å²) in [5.74, 6) is 1.04. The maximum atomic E-state index is 13.3. The predicted octanol–water partition coefficient (Wildman–Crippen LogP) is 3.43. The molecule has 30 heavy (non-hydrogen) atoms. The van der Waals surface area contributed by atoms with E-state index < -0.39 is 5.82 Å². The van der Waals surface area contributed by atoms with Gasteiger partial charge in [-0.1, -0.05) is 11.6 Å². The number of carbonyl (C=O) groups excluding carboxylic acids is 1. The van der Waals surface area contributed by atoms with Gasteiger partial charge in [0, 0.05) is 43.6 Å². The fraction of sp³-hybridized carbons (Fsp3) is 0.300. The monoisotopic (exact) mass is 429 g/mol. The average Bonchev–Trinajstić information content (AvgIpc) is 3.09. The molecule has 0 aliphatic carbocycles. The van der Waals surface area contributed by atoms with Crippen LogP contribution in [0.2, 0.25) is 5.02 Å². The SMILES string of the molecule is Cc1ncn(-c2cc(N3CCN(C(=O)Nc4ccc(F)c(Cl)c4)CC3)ncn2)c1C. The fourth-order valence-electron chi connectivity index (χ4n) is 3.29. The van der Waals surface area contributed by atoms with Gasteiger partial charge in [0.15, 0.2) is 0 Å². The maximum Gasteiger partial charge on any atom is 0.321 e. The minimum atomic E-state index is -0.520. The third kappa shape index (κ3) is 4.06. The van der Waals surface area contributed by atoms with E-state index in [1.54, 1.807) is 11.2 Å². The Kier molecular flexibility index (Phi) is 5.54. The Morgan fingerprint density at radius 2 is 1.80 bits per heavy atom. The smallest absolute Gasteiger partial charge is 0.321 e. The molecule has 1 aliphatic rings. The third-order valence-corrected chi connectivity index (χ3v) is 5.49. The summed E-state index contributed by atoms with van der Waals surface area (Å²) in [6.45, 7) is 6.28. The fourth-order valence-corrected chi connectivity index (χ4v) is 3.47. The Morgan fingerprint density at radius 1 is 1.07 bits per heavy atom. The minimum absolute atomic E-state index is 0.0273. The van der Waals surface area contributed by atoms with Crippen LogP contribution < -0.4 is 10.2 Å². The summed E-state index contributed by atoms with van der Waals surface area (Å²) >= 11 is 5.77. The zero-order valence-electron chi connectivity index (χ0n) is 16.6. The van der Waals surface area contributed by atoms with Crippen molar-refractivity contribution in [2.45, 2.75) is 13.8 Å². The van der Waals surface area contributed by atoms with E-state index in [0.717, 1.165) is 23.0 Å². The van der Waals surface area contributed by atoms with Gasteiger partial charge in [-0.3, -0.25) is 4.57 Å². The molecule has 0 bridgehead atoms. The van der Waals surface area contributed by atoms with E-state index in [1.165, 1.54) is 24.5 Å². The number of hydrogen-bond donors (Lipinski definition) is 1. The first-order chi connectivity index (χ1) is 14.4. The number of anilines is 2. The molecule has 1 saturated heterocycles. The number of urea groups is 1. The molecule has 2 aromatic heterocycles. The van der Waals surface area contributed by atoms with Crippen molar-refractivity contribution >= 4 is 29.1 Å². The lowest BCUT2D eigenvalue weighted by molar-refractivity contribution is 0.208. The van der Waals surface area contributed by atoms with Crippen LogP contribution in [0.4, 0.5) is 20.7 Å². The molecule has 2 amide bonds. The third-order valence-electron chi connectivity index (χ3n) is 5.20. The van der Waals surface area contributed by atoms with Crippen molar-refractivity contribution in [3.05, 3.63) is 59.1 Å². The number of amides is 2. The number of rotatable bonds is 3. The number of imidazole rings is 1. The summed E-state index contributed by atoms with van der Waals surface area (Å²) in [6.07, 6.45) is 3.29. The highest BCUT2D eigenvalue weighted by Gasteiger charge is 2.22. The van der Waals surface area contributed by atoms with Crippen LogP contribution in [-0.2, 0) is 0 Å². The highest BCUT2D eigenvalue weighted by Crippen LogP contribution is 2.21. The Bertz CT molecular complexity index is 1080. The van der Waals surface area contributed by atoms with Gasteiger partial charge in [0.05, 0.1) is 10.7 Å². The van der Waals surface area contributed by atoms with E-state index in [-0.39, 0.29) is 11.1 Å². The second-order valence-electron chi connectivity index (χ2n) is 7.05. The van der Waals surface area contributed by atoms with Crippen LogP contribution in [0.15, 0.2) is 36.9 Å². The molecule has 4 rings (SSSR count). The Morgan fingerprint density at radius 3 is 2.47 bits per heavy atom. The molecule has 156 valence electrons. The van der Waals surface area contributed by atoms with E-state index in [9.17, 15) is 9.18 Å². The molecule has 0 radical (unpaired) electrons. The quantitative estimate of drug-likeness (QED) is 0.690. The standard InChI is InChI=1S/C20H21ClFN7O/c1-13-14(2)29(12-25-13)19-10-18(23-11-24-19)27-5-7-28(8-6-27)20(30)26-15-3-4-17(22)16(21)9-15/h3-4,9-12H,5-8H2,1-2H3,(H,26,30). The van der Waals surface area contributed by atoms with Crippen molar-refractivity contribution in [3.63, 3.8) is 0 Å². The van der Waals surface area contributed by atoms with Crippen molar-refractivity contribution in [2.24, 2.45) is 0 Å². The lowest BCUT2D eigenvalue weighted by Crippen LogP contribution is -2.50. The summed E-state index contributed by atoms with van der Waals surface area (Å²) in [6, 6.07) is 5.78. The Labute approximate surface area is 178 Å². The Balaban J connectivity index is 1.39. The zero-order valence-corrected chi connectivity index (χ0v) is 17.4. The van der Waals surface area contributed by atoms with Crippen molar-refractivity contribution in [3.8, 4) is 5.82 Å². The second kappa shape index (κ2) is 8.27. The first-order valence-electron chi connectivity index (χ1n) is 9.51. The molecule has 1 fully saturated rings. The topological polar surface area (TPSA) is 79.2 Å². The molecule has 1 aromatic carbocycles. The molecule has 0 saturated carbocycles. The molecule has 1 N–H and O–H groups in total. The van der Waals surface area contributed by atoms with Gasteiger partial charge in [-0.05, 0) is 32.0 Å². The molecule has 10 heteroatoms. The van der Waals surface area contributed by atoms with E-state index in [1.807, 2.05) is 24.5 Å². The van der Waals surface area contributed by atoms with Gasteiger partial charge in [-0.2, -0.15) is 0 Å². The Hall–Kier alpha value is -3.20. The minimum Gasteiger partial charge on any atom is -0.353 e. The lowest BCUT2D eigenvalue weighted by Gasteiger charge is -2.35. The molecule has 0 spiro atoms. The van der Waals surface area contributed by atoms with Gasteiger partial charge in [-0.15, -0.1) is 0 Å². The van der Waals surface area contributed by atoms with Gasteiger partial charge in [0.1, 0.15) is 30.1 Å². The summed E-state index contributed by atoms with van der Waals surface area (Å²) in [5, 5.41) is 2.73. The van der Waals surface area contributed by atoms with E-state index in [2.05, 4.69) is 25.2 Å². The van der Waals surface area contributed by atoms with Crippen LogP contribution in [-0.4, -0.2) is 56.6 Å². The molecule has 0 unspecified atom stereocenters. The molecule has 1 aliphatic heterocycles. The summed E-state index contributed by atoms with van der Waals surface area (Å²) in [4.78, 5) is 29.4. The lowest BCUT2D eigenvalue weighted by atomic mass is 10.3. The number of benzene rings is 1. The highest BCUT2D eigenvalue weighted by molar-refractivity contribution is 6.31. The predicted molar refractivity (Wildman–Crippen MR) is 113 cm³/mol. The van der Waals surface area contributed by atoms with Gasteiger partial charge < -0.3 is 15.1 Å². The van der Waals surface area contributed by atoms with Crippen LogP contribution in [0.1, 0.15) is 11.4 Å². The summed E-state index contributed by atoms with van der Waals surface area (Å²) in [7, 11) is 0. The molecule has 0 atom stereocenters. The molecule has 8 nitrogen and oxygen atoms in total. The van der Waals surface area contributed by atoms with Gasteiger partial charge >= 0.3 is 6.03 Å². The van der Waals surface area contributed by atoms with E-state index in [4.69, 9.17) is 11.6 Å². The highest BCUT2D eigenvalue weighted by atomic mass is 35.5. The number of aryl methyl sites for hydroxylation is 1. The van der Waals surface area contributed by atoms with Crippen molar-refractivity contribution < 1.29 is 9.18 Å². The number of aromatic nitrogens is 4. The molecule has 3 aromatic rings. The van der Waals surface area contributed by atoms with Crippen LogP contribution in [0.3, 0.4) is 0 Å². The van der Waals surface area contributed by atoms with E-state index in [0.29, 0.717) is 31.9 Å². The number of halogens is 2. The molecule has 3 heterocycles. The van der Waals surface area contributed by atoms with Crippen molar-refractivity contribution in [1.82, 2.24) is 24.4 Å². The molecular weight excluding hydrogens is 409 g/mol. The van der Waals surface area contributed by atoms with E-state index >= 15 is 0 Å².